The fourth-order valence-electron chi connectivity index (χ4n) is 4.79. The van der Waals surface area contributed by atoms with Crippen molar-refractivity contribution in [3.8, 4) is 0 Å². The summed E-state index contributed by atoms with van der Waals surface area (Å²) in [5.41, 5.74) is 7.60. The highest BCUT2D eigenvalue weighted by atomic mass is 32.2. The Balaban J connectivity index is 1.61. The lowest BCUT2D eigenvalue weighted by molar-refractivity contribution is -0.140. The Morgan fingerprint density at radius 3 is 2.24 bits per heavy atom. The molecule has 1 aliphatic heterocycles. The van der Waals surface area contributed by atoms with Crippen LogP contribution in [0.2, 0.25) is 0 Å². The fraction of sp³-hybridized carbons (Fsp3) is 0.296. The molecule has 1 fully saturated rings. The van der Waals surface area contributed by atoms with Gasteiger partial charge in [0.1, 0.15) is 12.1 Å². The Hall–Kier alpha value is -3.96. The molecule has 1 saturated heterocycles. The van der Waals surface area contributed by atoms with Crippen molar-refractivity contribution >= 4 is 27.7 Å². The number of nitrogens with two attached hydrogens (primary N) is 1. The number of nitrogens with zero attached hydrogens (tertiary/aromatic N) is 1. The highest BCUT2D eigenvalue weighted by Crippen LogP contribution is 2.31. The normalized spacial score (nSPS) is 16.4. The van der Waals surface area contributed by atoms with Crippen LogP contribution < -0.4 is 15.8 Å². The molecular weight excluding hydrogens is 506 g/mol. The number of rotatable bonds is 10. The first-order chi connectivity index (χ1) is 18.1. The van der Waals surface area contributed by atoms with Gasteiger partial charge >= 0.3 is 0 Å². The van der Waals surface area contributed by atoms with Crippen LogP contribution in [0, 0.1) is 5.41 Å². The molecule has 4 rings (SSSR count). The number of hydrogen-bond acceptors (Lipinski definition) is 6. The molecule has 2 amide bonds. The van der Waals surface area contributed by atoms with Gasteiger partial charge in [-0.05, 0) is 30.0 Å². The van der Waals surface area contributed by atoms with E-state index in [1.54, 1.807) is 6.07 Å². The first-order valence-corrected chi connectivity index (χ1v) is 14.1. The highest BCUT2D eigenvalue weighted by molar-refractivity contribution is 7.88. The molecule has 11 heteroatoms. The minimum atomic E-state index is -3.78. The summed E-state index contributed by atoms with van der Waals surface area (Å²) in [5.74, 6) is -1.44. The van der Waals surface area contributed by atoms with Crippen molar-refractivity contribution in [2.75, 3.05) is 12.8 Å². The molecule has 0 spiro atoms. The topological polar surface area (TPSA) is 159 Å². The van der Waals surface area contributed by atoms with Crippen molar-refractivity contribution in [1.29, 1.82) is 5.41 Å². The van der Waals surface area contributed by atoms with Gasteiger partial charge in [-0.25, -0.2) is 13.1 Å². The molecular formula is C27H31N5O5S. The van der Waals surface area contributed by atoms with E-state index in [-0.39, 0.29) is 24.0 Å². The maximum atomic E-state index is 14.0. The average molecular weight is 538 g/mol. The molecule has 38 heavy (non-hydrogen) atoms. The van der Waals surface area contributed by atoms with Gasteiger partial charge in [0.05, 0.1) is 12.5 Å². The van der Waals surface area contributed by atoms with Crippen molar-refractivity contribution in [3.63, 3.8) is 0 Å². The monoisotopic (exact) mass is 537 g/mol. The number of amides is 2. The van der Waals surface area contributed by atoms with Crippen molar-refractivity contribution in [2.45, 2.75) is 37.4 Å². The van der Waals surface area contributed by atoms with E-state index in [9.17, 15) is 18.0 Å². The van der Waals surface area contributed by atoms with Crippen LogP contribution >= 0.6 is 0 Å². The number of likely N-dealkylation sites (tertiary alicyclic amines) is 1. The van der Waals surface area contributed by atoms with Gasteiger partial charge in [0.15, 0.2) is 11.6 Å². The van der Waals surface area contributed by atoms with Crippen LogP contribution in [0.3, 0.4) is 0 Å². The number of benzene rings is 2. The smallest absolute Gasteiger partial charge is 0.243 e. The number of carbonyl (C=O) groups is 2. The lowest BCUT2D eigenvalue weighted by atomic mass is 9.84. The number of furan rings is 1. The van der Waals surface area contributed by atoms with Gasteiger partial charge in [-0.3, -0.25) is 15.0 Å². The summed E-state index contributed by atoms with van der Waals surface area (Å²) < 4.78 is 32.7. The second kappa shape index (κ2) is 11.6. The van der Waals surface area contributed by atoms with Gasteiger partial charge in [0.2, 0.25) is 21.8 Å². The number of amidine groups is 1. The van der Waals surface area contributed by atoms with Crippen LogP contribution in [0.25, 0.3) is 0 Å². The molecule has 0 radical (unpaired) electrons. The highest BCUT2D eigenvalue weighted by Gasteiger charge is 2.41. The lowest BCUT2D eigenvalue weighted by Gasteiger charge is -2.33. The second-order valence-electron chi connectivity index (χ2n) is 9.31. The van der Waals surface area contributed by atoms with Gasteiger partial charge in [0.25, 0.3) is 0 Å². The zero-order valence-corrected chi connectivity index (χ0v) is 21.8. The van der Waals surface area contributed by atoms with Crippen LogP contribution in [0.5, 0.6) is 0 Å². The SMILES string of the molecule is CS(=O)(=O)N[C@@H](C(=O)N1CCCC1C(=O)NCc1coc(C(=N)N)c1)C(c1ccccc1)c1ccccc1. The summed E-state index contributed by atoms with van der Waals surface area (Å²) >= 11 is 0. The molecule has 0 saturated carbocycles. The maximum absolute atomic E-state index is 14.0. The predicted octanol–water partition coefficient (Wildman–Crippen LogP) is 1.92. The van der Waals surface area contributed by atoms with Gasteiger partial charge in [-0.1, -0.05) is 60.7 Å². The zero-order chi connectivity index (χ0) is 27.3. The van der Waals surface area contributed by atoms with E-state index < -0.39 is 33.9 Å². The molecule has 5 N–H and O–H groups in total. The molecule has 1 aromatic heterocycles. The number of nitrogens with one attached hydrogen (secondary N) is 3. The van der Waals surface area contributed by atoms with Crippen LogP contribution in [-0.2, 0) is 26.2 Å². The number of nitrogen functional groups attached to an aromatic ring is 1. The third-order valence-electron chi connectivity index (χ3n) is 6.48. The summed E-state index contributed by atoms with van der Waals surface area (Å²) in [6, 6.07) is 18.2. The minimum absolute atomic E-state index is 0.135. The van der Waals surface area contributed by atoms with Crippen LogP contribution in [0.4, 0.5) is 0 Å². The minimum Gasteiger partial charge on any atom is -0.461 e. The molecule has 200 valence electrons. The first-order valence-electron chi connectivity index (χ1n) is 12.2. The quantitative estimate of drug-likeness (QED) is 0.228. The maximum Gasteiger partial charge on any atom is 0.243 e. The Kier molecular flexibility index (Phi) is 8.28. The third-order valence-corrected chi connectivity index (χ3v) is 7.16. The van der Waals surface area contributed by atoms with Gasteiger partial charge in [-0.2, -0.15) is 0 Å². The molecule has 2 atom stereocenters. The third kappa shape index (κ3) is 6.48. The van der Waals surface area contributed by atoms with E-state index >= 15 is 0 Å². The lowest BCUT2D eigenvalue weighted by Crippen LogP contribution is -2.55. The van der Waals surface area contributed by atoms with E-state index in [0.717, 1.165) is 17.4 Å². The molecule has 0 bridgehead atoms. The summed E-state index contributed by atoms with van der Waals surface area (Å²) in [6.45, 7) is 0.463. The Morgan fingerprint density at radius 1 is 1.11 bits per heavy atom. The molecule has 2 heterocycles. The van der Waals surface area contributed by atoms with E-state index in [1.807, 2.05) is 60.7 Å². The van der Waals surface area contributed by atoms with Crippen molar-refractivity contribution < 1.29 is 22.4 Å². The van der Waals surface area contributed by atoms with E-state index in [4.69, 9.17) is 15.6 Å². The molecule has 1 aliphatic rings. The van der Waals surface area contributed by atoms with E-state index in [0.29, 0.717) is 24.9 Å². The molecule has 10 nitrogen and oxygen atoms in total. The van der Waals surface area contributed by atoms with Crippen molar-refractivity contribution in [1.82, 2.24) is 14.9 Å². The van der Waals surface area contributed by atoms with Crippen LogP contribution in [0.1, 0.15) is 41.2 Å². The summed E-state index contributed by atoms with van der Waals surface area (Å²) in [5, 5.41) is 10.3. The van der Waals surface area contributed by atoms with Gasteiger partial charge in [-0.15, -0.1) is 0 Å². The van der Waals surface area contributed by atoms with Crippen LogP contribution in [-0.4, -0.2) is 55.9 Å². The average Bonchev–Trinajstić information content (AvgIpc) is 3.57. The summed E-state index contributed by atoms with van der Waals surface area (Å²) in [6.07, 6.45) is 3.49. The molecule has 2 aromatic carbocycles. The summed E-state index contributed by atoms with van der Waals surface area (Å²) in [4.78, 5) is 28.7. The fourth-order valence-corrected chi connectivity index (χ4v) is 5.49. The molecule has 3 aromatic rings. The second-order valence-corrected chi connectivity index (χ2v) is 11.1. The van der Waals surface area contributed by atoms with E-state index in [2.05, 4.69) is 10.0 Å². The first kappa shape index (κ1) is 27.1. The Bertz CT molecular complexity index is 1350. The summed E-state index contributed by atoms with van der Waals surface area (Å²) in [7, 11) is -3.78. The Labute approximate surface area is 221 Å². The number of carbonyl (C=O) groups excluding carboxylic acids is 2. The Morgan fingerprint density at radius 2 is 1.71 bits per heavy atom. The standard InChI is InChI=1S/C27H31N5O5S/c1-38(35,36)31-24(23(19-9-4-2-5-10-19)20-11-6-3-7-12-20)27(34)32-14-8-13-21(32)26(33)30-16-18-15-22(25(28)29)37-17-18/h2-7,9-12,15,17,21,23-24,31H,8,13-14,16H2,1H3,(H3,28,29)(H,30,33)/t21?,24-/m1/s1. The largest absolute Gasteiger partial charge is 0.461 e. The molecule has 1 unspecified atom stereocenters. The van der Waals surface area contributed by atoms with E-state index in [1.165, 1.54) is 11.2 Å². The van der Waals surface area contributed by atoms with Crippen molar-refractivity contribution in [3.05, 3.63) is 95.4 Å². The van der Waals surface area contributed by atoms with Gasteiger partial charge < -0.3 is 20.4 Å². The van der Waals surface area contributed by atoms with Crippen molar-refractivity contribution in [2.24, 2.45) is 5.73 Å². The van der Waals surface area contributed by atoms with Gasteiger partial charge in [0, 0.05) is 24.6 Å². The molecule has 0 aliphatic carbocycles. The van der Waals surface area contributed by atoms with Crippen LogP contribution in [0.15, 0.2) is 77.4 Å². The number of hydrogen-bond donors (Lipinski definition) is 4. The number of sulfonamides is 1. The predicted molar refractivity (Wildman–Crippen MR) is 143 cm³/mol. The zero-order valence-electron chi connectivity index (χ0n) is 21.0.